The Kier molecular flexibility index (Phi) is 4.90. The number of nitrogens with one attached hydrogen (secondary N) is 1. The number of hydrogen-bond donors (Lipinski definition) is 2. The van der Waals surface area contributed by atoms with Gasteiger partial charge in [-0.3, -0.25) is 10.1 Å². The molecule has 0 aliphatic heterocycles. The van der Waals surface area contributed by atoms with Crippen molar-refractivity contribution in [2.75, 3.05) is 17.3 Å². The van der Waals surface area contributed by atoms with Crippen LogP contribution in [0.2, 0.25) is 0 Å². The summed E-state index contributed by atoms with van der Waals surface area (Å²) in [4.78, 5) is 21.0. The number of nitro benzene ring substituents is 1. The van der Waals surface area contributed by atoms with Gasteiger partial charge in [0, 0.05) is 17.9 Å². The lowest BCUT2D eigenvalue weighted by atomic mass is 10.2. The number of anilines is 1. The summed E-state index contributed by atoms with van der Waals surface area (Å²) in [5, 5.41) is 22.1. The van der Waals surface area contributed by atoms with Crippen molar-refractivity contribution in [3.8, 4) is 0 Å². The molecule has 0 fully saturated rings. The lowest BCUT2D eigenvalue weighted by Gasteiger charge is -2.14. The lowest BCUT2D eigenvalue weighted by molar-refractivity contribution is -0.384. The third-order valence-corrected chi connectivity index (χ3v) is 2.78. The Morgan fingerprint density at radius 1 is 1.67 bits per heavy atom. The van der Waals surface area contributed by atoms with E-state index in [1.165, 1.54) is 11.8 Å². The summed E-state index contributed by atoms with van der Waals surface area (Å²) in [6.07, 6.45) is 1.71. The predicted octanol–water partition coefficient (Wildman–Crippen LogP) is 1.96. The molecule has 18 heavy (non-hydrogen) atoms. The number of nitro groups is 1. The normalized spacial score (nSPS) is 11.9. The van der Waals surface area contributed by atoms with E-state index in [0.29, 0.717) is 0 Å². The van der Waals surface area contributed by atoms with Gasteiger partial charge in [0.05, 0.1) is 4.92 Å². The highest BCUT2D eigenvalue weighted by atomic mass is 32.2. The Morgan fingerprint density at radius 2 is 2.33 bits per heavy atom. The highest BCUT2D eigenvalue weighted by molar-refractivity contribution is 7.98. The van der Waals surface area contributed by atoms with Gasteiger partial charge in [-0.25, -0.2) is 9.18 Å². The number of aliphatic carboxylic acids is 1. The summed E-state index contributed by atoms with van der Waals surface area (Å²) in [5.41, 5.74) is -0.495. The van der Waals surface area contributed by atoms with E-state index in [1.54, 1.807) is 6.26 Å². The zero-order chi connectivity index (χ0) is 13.7. The average molecular weight is 274 g/mol. The average Bonchev–Trinajstić information content (AvgIpc) is 2.28. The van der Waals surface area contributed by atoms with Crippen LogP contribution in [0, 0.1) is 15.9 Å². The fraction of sp³-hybridized carbons (Fsp3) is 0.300. The molecule has 0 saturated carbocycles. The lowest BCUT2D eigenvalue weighted by Crippen LogP contribution is -2.31. The van der Waals surface area contributed by atoms with Crippen molar-refractivity contribution in [2.45, 2.75) is 6.04 Å². The molecule has 98 valence electrons. The van der Waals surface area contributed by atoms with Crippen LogP contribution in [0.25, 0.3) is 0 Å². The fourth-order valence-corrected chi connectivity index (χ4v) is 1.87. The standard InChI is InChI=1S/C10H11FN2O4S/c1-18-5-8(10(14)15)12-7-4-6(11)2-3-9(7)13(16)17/h2-4,8,12H,5H2,1H3,(H,14,15)/t8-/m0/s1. The second-order valence-electron chi connectivity index (χ2n) is 3.41. The molecule has 0 unspecified atom stereocenters. The van der Waals surface area contributed by atoms with Gasteiger partial charge in [0.25, 0.3) is 5.69 Å². The van der Waals surface area contributed by atoms with E-state index < -0.39 is 22.8 Å². The molecule has 8 heteroatoms. The van der Waals surface area contributed by atoms with Crippen molar-refractivity contribution in [3.63, 3.8) is 0 Å². The maximum absolute atomic E-state index is 13.0. The molecule has 0 radical (unpaired) electrons. The number of rotatable bonds is 6. The minimum Gasteiger partial charge on any atom is -0.480 e. The zero-order valence-electron chi connectivity index (χ0n) is 9.42. The minimum atomic E-state index is -1.15. The summed E-state index contributed by atoms with van der Waals surface area (Å²) in [6, 6.07) is 1.85. The van der Waals surface area contributed by atoms with Crippen LogP contribution in [0.1, 0.15) is 0 Å². The Labute approximate surface area is 106 Å². The van der Waals surface area contributed by atoms with Gasteiger partial charge in [0.15, 0.2) is 0 Å². The number of halogens is 1. The molecule has 0 aromatic heterocycles. The van der Waals surface area contributed by atoms with Crippen LogP contribution in [0.3, 0.4) is 0 Å². The van der Waals surface area contributed by atoms with Gasteiger partial charge in [-0.05, 0) is 12.3 Å². The quantitative estimate of drug-likeness (QED) is 0.608. The van der Waals surface area contributed by atoms with Gasteiger partial charge < -0.3 is 10.4 Å². The minimum absolute atomic E-state index is 0.138. The number of benzene rings is 1. The van der Waals surface area contributed by atoms with Gasteiger partial charge in [-0.2, -0.15) is 11.8 Å². The highest BCUT2D eigenvalue weighted by Gasteiger charge is 2.22. The van der Waals surface area contributed by atoms with Gasteiger partial charge in [0.1, 0.15) is 17.5 Å². The highest BCUT2D eigenvalue weighted by Crippen LogP contribution is 2.26. The Bertz CT molecular complexity index is 469. The van der Waals surface area contributed by atoms with Crippen molar-refractivity contribution in [1.29, 1.82) is 0 Å². The second-order valence-corrected chi connectivity index (χ2v) is 4.32. The van der Waals surface area contributed by atoms with Crippen molar-refractivity contribution < 1.29 is 19.2 Å². The Hall–Kier alpha value is -1.83. The van der Waals surface area contributed by atoms with Crippen molar-refractivity contribution in [1.82, 2.24) is 0 Å². The molecule has 1 aromatic rings. The number of carboxylic acids is 1. The first-order chi connectivity index (χ1) is 8.45. The molecule has 0 amide bonds. The van der Waals surface area contributed by atoms with Gasteiger partial charge >= 0.3 is 5.97 Å². The maximum atomic E-state index is 13.0. The Balaban J connectivity index is 3.03. The summed E-state index contributed by atoms with van der Waals surface area (Å²) in [7, 11) is 0. The molecule has 0 heterocycles. The zero-order valence-corrected chi connectivity index (χ0v) is 10.2. The summed E-state index contributed by atoms with van der Waals surface area (Å²) < 4.78 is 13.0. The van der Waals surface area contributed by atoms with Crippen molar-refractivity contribution in [3.05, 3.63) is 34.1 Å². The maximum Gasteiger partial charge on any atom is 0.326 e. The van der Waals surface area contributed by atoms with Crippen LogP contribution in [0.4, 0.5) is 15.8 Å². The number of hydrogen-bond acceptors (Lipinski definition) is 5. The number of carboxylic acid groups (broad SMARTS) is 1. The van der Waals surface area contributed by atoms with E-state index in [0.717, 1.165) is 18.2 Å². The first-order valence-electron chi connectivity index (χ1n) is 4.88. The van der Waals surface area contributed by atoms with E-state index in [4.69, 9.17) is 5.11 Å². The molecule has 1 aromatic carbocycles. The third-order valence-electron chi connectivity index (χ3n) is 2.12. The van der Waals surface area contributed by atoms with Crippen LogP contribution in [0.5, 0.6) is 0 Å². The van der Waals surface area contributed by atoms with Crippen LogP contribution < -0.4 is 5.32 Å². The molecular formula is C10H11FN2O4S. The molecule has 0 aliphatic rings. The first kappa shape index (κ1) is 14.2. The fourth-order valence-electron chi connectivity index (χ4n) is 1.31. The molecule has 0 saturated heterocycles. The number of thioether (sulfide) groups is 1. The first-order valence-corrected chi connectivity index (χ1v) is 6.27. The summed E-state index contributed by atoms with van der Waals surface area (Å²) in [5.74, 6) is -1.61. The molecule has 0 bridgehead atoms. The van der Waals surface area contributed by atoms with E-state index >= 15 is 0 Å². The van der Waals surface area contributed by atoms with Gasteiger partial charge in [-0.1, -0.05) is 0 Å². The largest absolute Gasteiger partial charge is 0.480 e. The second kappa shape index (κ2) is 6.20. The molecule has 0 aliphatic carbocycles. The molecule has 1 atom stereocenters. The van der Waals surface area contributed by atoms with Gasteiger partial charge in [0.2, 0.25) is 0 Å². The number of nitrogens with zero attached hydrogens (tertiary/aromatic N) is 1. The Morgan fingerprint density at radius 3 is 2.83 bits per heavy atom. The van der Waals surface area contributed by atoms with Crippen LogP contribution in [-0.2, 0) is 4.79 Å². The smallest absolute Gasteiger partial charge is 0.326 e. The summed E-state index contributed by atoms with van der Waals surface area (Å²) >= 11 is 1.27. The monoisotopic (exact) mass is 274 g/mol. The van der Waals surface area contributed by atoms with Crippen LogP contribution in [-0.4, -0.2) is 34.0 Å². The molecule has 6 nitrogen and oxygen atoms in total. The third kappa shape index (κ3) is 3.59. The molecule has 2 N–H and O–H groups in total. The van der Waals surface area contributed by atoms with E-state index in [1.807, 2.05) is 0 Å². The van der Waals surface area contributed by atoms with E-state index in [9.17, 15) is 19.3 Å². The molecule has 0 spiro atoms. The predicted molar refractivity (Wildman–Crippen MR) is 66.5 cm³/mol. The van der Waals surface area contributed by atoms with Crippen LogP contribution >= 0.6 is 11.8 Å². The van der Waals surface area contributed by atoms with E-state index in [2.05, 4.69) is 5.32 Å². The molecular weight excluding hydrogens is 263 g/mol. The van der Waals surface area contributed by atoms with E-state index in [-0.39, 0.29) is 17.1 Å². The van der Waals surface area contributed by atoms with Gasteiger partial charge in [-0.15, -0.1) is 0 Å². The van der Waals surface area contributed by atoms with Crippen molar-refractivity contribution >= 4 is 29.1 Å². The number of carbonyl (C=O) groups is 1. The van der Waals surface area contributed by atoms with Crippen LogP contribution in [0.15, 0.2) is 18.2 Å². The molecule has 1 rings (SSSR count). The van der Waals surface area contributed by atoms with Crippen molar-refractivity contribution in [2.24, 2.45) is 0 Å². The summed E-state index contributed by atoms with van der Waals surface area (Å²) in [6.45, 7) is 0. The SMILES string of the molecule is CSC[C@H](Nc1cc(F)ccc1[N+](=O)[O-])C(=O)O. The topological polar surface area (TPSA) is 92.5 Å².